The molecule has 1 aromatic rings. The third-order valence-electron chi connectivity index (χ3n) is 2.84. The maximum Gasteiger partial charge on any atom is 0.0948 e. The van der Waals surface area contributed by atoms with Gasteiger partial charge in [-0.1, -0.05) is 27.2 Å². The zero-order valence-corrected chi connectivity index (χ0v) is 9.12. The first-order valence-electron chi connectivity index (χ1n) is 5.02. The highest BCUT2D eigenvalue weighted by Crippen LogP contribution is 2.30. The van der Waals surface area contributed by atoms with Crippen molar-refractivity contribution in [1.29, 1.82) is 0 Å². The molecule has 13 heavy (non-hydrogen) atoms. The van der Waals surface area contributed by atoms with Crippen molar-refractivity contribution in [3.05, 3.63) is 18.7 Å². The molecule has 0 bridgehead atoms. The van der Waals surface area contributed by atoms with Crippen molar-refractivity contribution >= 4 is 0 Å². The van der Waals surface area contributed by atoms with Gasteiger partial charge in [0.15, 0.2) is 0 Å². The lowest BCUT2D eigenvalue weighted by Crippen LogP contribution is -2.16. The maximum absolute atomic E-state index is 4.06. The van der Waals surface area contributed by atoms with Crippen LogP contribution in [0.15, 0.2) is 18.7 Å². The summed E-state index contributed by atoms with van der Waals surface area (Å²) >= 11 is 0. The largest absolute Gasteiger partial charge is 0.335 e. The molecule has 0 saturated carbocycles. The van der Waals surface area contributed by atoms with Crippen molar-refractivity contribution in [2.75, 3.05) is 0 Å². The van der Waals surface area contributed by atoms with Crippen LogP contribution in [0.25, 0.3) is 0 Å². The lowest BCUT2D eigenvalue weighted by Gasteiger charge is -2.27. The third kappa shape index (κ3) is 2.87. The molecular weight excluding hydrogens is 160 g/mol. The molecule has 0 aliphatic carbocycles. The van der Waals surface area contributed by atoms with Crippen molar-refractivity contribution in [2.24, 2.45) is 5.41 Å². The molecule has 0 amide bonds. The normalized spacial score (nSPS) is 14.5. The Hall–Kier alpha value is -0.790. The zero-order chi connectivity index (χ0) is 9.90. The van der Waals surface area contributed by atoms with Gasteiger partial charge >= 0.3 is 0 Å². The topological polar surface area (TPSA) is 17.8 Å². The van der Waals surface area contributed by atoms with E-state index in [1.54, 1.807) is 0 Å². The molecule has 1 aromatic heterocycles. The highest BCUT2D eigenvalue weighted by Gasteiger charge is 2.19. The van der Waals surface area contributed by atoms with Crippen LogP contribution < -0.4 is 0 Å². The van der Waals surface area contributed by atoms with E-state index < -0.39 is 0 Å². The van der Waals surface area contributed by atoms with Crippen molar-refractivity contribution in [2.45, 2.75) is 46.6 Å². The number of nitrogens with zero attached hydrogens (tertiary/aromatic N) is 2. The van der Waals surface area contributed by atoms with Crippen LogP contribution in [0.4, 0.5) is 0 Å². The lowest BCUT2D eigenvalue weighted by molar-refractivity contribution is 0.267. The zero-order valence-electron chi connectivity index (χ0n) is 9.12. The quantitative estimate of drug-likeness (QED) is 0.695. The van der Waals surface area contributed by atoms with Crippen LogP contribution in [0.3, 0.4) is 0 Å². The summed E-state index contributed by atoms with van der Waals surface area (Å²) < 4.78 is 2.18. The van der Waals surface area contributed by atoms with E-state index in [0.717, 1.165) is 0 Å². The number of imidazole rings is 1. The minimum absolute atomic E-state index is 0.434. The first-order valence-corrected chi connectivity index (χ1v) is 5.02. The highest BCUT2D eigenvalue weighted by atomic mass is 15.0. The average Bonchev–Trinajstić information content (AvgIpc) is 2.55. The Morgan fingerprint density at radius 2 is 2.15 bits per heavy atom. The predicted octanol–water partition coefficient (Wildman–Crippen LogP) is 3.27. The molecule has 0 aliphatic rings. The summed E-state index contributed by atoms with van der Waals surface area (Å²) in [6, 6.07) is 0.553. The van der Waals surface area contributed by atoms with Gasteiger partial charge in [0.1, 0.15) is 0 Å². The summed E-state index contributed by atoms with van der Waals surface area (Å²) in [5, 5.41) is 0. The fraction of sp³-hybridized carbons (Fsp3) is 0.727. The molecular formula is C11H20N2. The van der Waals surface area contributed by atoms with Crippen LogP contribution in [0.2, 0.25) is 0 Å². The summed E-state index contributed by atoms with van der Waals surface area (Å²) in [7, 11) is 0. The van der Waals surface area contributed by atoms with Crippen molar-refractivity contribution < 1.29 is 0 Å². The fourth-order valence-corrected chi connectivity index (χ4v) is 1.58. The minimum atomic E-state index is 0.434. The van der Waals surface area contributed by atoms with E-state index in [0.29, 0.717) is 11.5 Å². The third-order valence-corrected chi connectivity index (χ3v) is 2.84. The molecule has 0 radical (unpaired) electrons. The van der Waals surface area contributed by atoms with E-state index >= 15 is 0 Å². The minimum Gasteiger partial charge on any atom is -0.335 e. The van der Waals surface area contributed by atoms with Gasteiger partial charge < -0.3 is 4.57 Å². The molecule has 0 aliphatic heterocycles. The molecule has 1 heterocycles. The molecule has 74 valence electrons. The van der Waals surface area contributed by atoms with Gasteiger partial charge in [0.05, 0.1) is 6.33 Å². The van der Waals surface area contributed by atoms with E-state index in [2.05, 4.69) is 37.2 Å². The molecule has 1 rings (SSSR count). The van der Waals surface area contributed by atoms with E-state index in [1.165, 1.54) is 12.8 Å². The van der Waals surface area contributed by atoms with Gasteiger partial charge in [-0.3, -0.25) is 0 Å². The Bertz CT molecular complexity index is 237. The van der Waals surface area contributed by atoms with Gasteiger partial charge in [-0.15, -0.1) is 0 Å². The van der Waals surface area contributed by atoms with Gasteiger partial charge in [-0.25, -0.2) is 4.98 Å². The van der Waals surface area contributed by atoms with E-state index in [9.17, 15) is 0 Å². The van der Waals surface area contributed by atoms with Crippen molar-refractivity contribution in [1.82, 2.24) is 9.55 Å². The van der Waals surface area contributed by atoms with Crippen LogP contribution >= 0.6 is 0 Å². The monoisotopic (exact) mass is 180 g/mol. The molecule has 2 nitrogen and oxygen atoms in total. The average molecular weight is 180 g/mol. The number of hydrogen-bond donors (Lipinski definition) is 0. The van der Waals surface area contributed by atoms with Crippen LogP contribution in [0.5, 0.6) is 0 Å². The summed E-state index contributed by atoms with van der Waals surface area (Å²) in [5.74, 6) is 0. The van der Waals surface area contributed by atoms with Crippen molar-refractivity contribution in [3.8, 4) is 0 Å². The smallest absolute Gasteiger partial charge is 0.0948 e. The first-order chi connectivity index (χ1) is 6.05. The molecule has 0 aromatic carbocycles. The van der Waals surface area contributed by atoms with Gasteiger partial charge in [-0.05, 0) is 18.8 Å². The van der Waals surface area contributed by atoms with Gasteiger partial charge in [-0.2, -0.15) is 0 Å². The summed E-state index contributed by atoms with van der Waals surface area (Å²) in [5.41, 5.74) is 0.434. The summed E-state index contributed by atoms with van der Waals surface area (Å²) in [6.45, 7) is 9.14. The second-order valence-corrected chi connectivity index (χ2v) is 4.58. The van der Waals surface area contributed by atoms with Crippen LogP contribution in [0, 0.1) is 5.41 Å². The lowest BCUT2D eigenvalue weighted by atomic mass is 9.84. The SMILES string of the molecule is CCC(C)(C)CC(C)n1ccnc1. The molecule has 0 N–H and O–H groups in total. The number of rotatable bonds is 4. The molecule has 0 spiro atoms. The molecule has 1 unspecified atom stereocenters. The number of hydrogen-bond acceptors (Lipinski definition) is 1. The summed E-state index contributed by atoms with van der Waals surface area (Å²) in [6.07, 6.45) is 8.22. The van der Waals surface area contributed by atoms with Gasteiger partial charge in [0.25, 0.3) is 0 Å². The van der Waals surface area contributed by atoms with E-state index in [1.807, 2.05) is 18.7 Å². The van der Waals surface area contributed by atoms with Gasteiger partial charge in [0, 0.05) is 18.4 Å². The van der Waals surface area contributed by atoms with Crippen LogP contribution in [-0.4, -0.2) is 9.55 Å². The Labute approximate surface area is 81.0 Å². The number of aromatic nitrogens is 2. The Morgan fingerprint density at radius 1 is 1.46 bits per heavy atom. The fourth-order valence-electron chi connectivity index (χ4n) is 1.58. The second-order valence-electron chi connectivity index (χ2n) is 4.58. The maximum atomic E-state index is 4.06. The Morgan fingerprint density at radius 3 is 2.62 bits per heavy atom. The second kappa shape index (κ2) is 3.95. The van der Waals surface area contributed by atoms with E-state index in [-0.39, 0.29) is 0 Å². The van der Waals surface area contributed by atoms with Gasteiger partial charge in [0.2, 0.25) is 0 Å². The molecule has 0 saturated heterocycles. The summed E-state index contributed by atoms with van der Waals surface area (Å²) in [4.78, 5) is 4.06. The highest BCUT2D eigenvalue weighted by molar-refractivity contribution is 4.81. The molecule has 2 heteroatoms. The Kier molecular flexibility index (Phi) is 3.12. The first kappa shape index (κ1) is 10.3. The predicted molar refractivity (Wildman–Crippen MR) is 55.6 cm³/mol. The van der Waals surface area contributed by atoms with Crippen LogP contribution in [0.1, 0.15) is 46.6 Å². The van der Waals surface area contributed by atoms with Crippen molar-refractivity contribution in [3.63, 3.8) is 0 Å². The Balaban J connectivity index is 2.56. The standard InChI is InChI=1S/C11H20N2/c1-5-11(3,4)8-10(2)13-7-6-12-9-13/h6-7,9-10H,5,8H2,1-4H3. The van der Waals surface area contributed by atoms with E-state index in [4.69, 9.17) is 0 Å². The molecule has 0 fully saturated rings. The van der Waals surface area contributed by atoms with Crippen LogP contribution in [-0.2, 0) is 0 Å². The molecule has 1 atom stereocenters.